The van der Waals surface area contributed by atoms with E-state index in [1.54, 1.807) is 0 Å². The van der Waals surface area contributed by atoms with E-state index >= 15 is 0 Å². The molecule has 0 N–H and O–H groups in total. The Balaban J connectivity index is 0.937. The summed E-state index contributed by atoms with van der Waals surface area (Å²) in [5.41, 5.74) is 18.9. The van der Waals surface area contributed by atoms with Gasteiger partial charge in [0.25, 0.3) is 0 Å². The van der Waals surface area contributed by atoms with Crippen LogP contribution in [0, 0.1) is 13.8 Å². The van der Waals surface area contributed by atoms with Crippen molar-refractivity contribution < 1.29 is 0 Å². The van der Waals surface area contributed by atoms with Crippen molar-refractivity contribution >= 4 is 28.1 Å². The zero-order valence-corrected chi connectivity index (χ0v) is 32.5. The number of fused-ring (bicyclic) bond motifs is 4. The third-order valence-electron chi connectivity index (χ3n) is 11.5. The molecule has 10 rings (SSSR count). The maximum absolute atomic E-state index is 4.98. The van der Waals surface area contributed by atoms with E-state index in [1.807, 2.05) is 54.9 Å². The van der Waals surface area contributed by atoms with Gasteiger partial charge in [0.2, 0.25) is 0 Å². The lowest BCUT2D eigenvalue weighted by molar-refractivity contribution is 0.660. The minimum absolute atomic E-state index is 0.190. The molecule has 3 heterocycles. The number of pyridine rings is 2. The standard InChI is InChI=1S/C52H41N5/c1-34-14-21-40(22-15-34)56(41-23-16-35(2)17-24-41)42-25-27-44-43-26-18-36(30-45(43)52(3,4)46(44)31-42)37-19-28-47(53-32-37)38-20-29-49(54-33-38)51-55-48-12-8-9-13-50(48)57(51)39-10-6-5-7-11-39/h5-33H,1-4H3. The smallest absolute Gasteiger partial charge is 0.164 e. The average molecular weight is 736 g/mol. The van der Waals surface area contributed by atoms with E-state index in [2.05, 4.69) is 158 Å². The summed E-state index contributed by atoms with van der Waals surface area (Å²) in [5.74, 6) is 0.810. The van der Waals surface area contributed by atoms with Gasteiger partial charge in [-0.1, -0.05) is 104 Å². The van der Waals surface area contributed by atoms with Crippen LogP contribution in [0.3, 0.4) is 0 Å². The molecule has 5 heteroatoms. The van der Waals surface area contributed by atoms with Crippen LogP contribution in [-0.4, -0.2) is 19.5 Å². The molecule has 0 saturated heterocycles. The van der Waals surface area contributed by atoms with Gasteiger partial charge in [0.15, 0.2) is 5.82 Å². The molecule has 6 aromatic carbocycles. The van der Waals surface area contributed by atoms with Crippen LogP contribution >= 0.6 is 0 Å². The topological polar surface area (TPSA) is 46.8 Å². The fourth-order valence-corrected chi connectivity index (χ4v) is 8.33. The van der Waals surface area contributed by atoms with Crippen molar-refractivity contribution in [1.29, 1.82) is 0 Å². The largest absolute Gasteiger partial charge is 0.310 e. The molecule has 9 aromatic rings. The van der Waals surface area contributed by atoms with Crippen LogP contribution < -0.4 is 4.90 Å². The molecule has 3 aromatic heterocycles. The third-order valence-corrected chi connectivity index (χ3v) is 11.5. The molecule has 0 aliphatic heterocycles. The minimum Gasteiger partial charge on any atom is -0.310 e. The van der Waals surface area contributed by atoms with E-state index in [9.17, 15) is 0 Å². The molecule has 1 aliphatic carbocycles. The van der Waals surface area contributed by atoms with Gasteiger partial charge in [-0.25, -0.2) is 4.98 Å². The van der Waals surface area contributed by atoms with Crippen LogP contribution in [-0.2, 0) is 5.41 Å². The number of rotatable bonds is 7. The normalized spacial score (nSPS) is 12.7. The Labute approximate surface area is 333 Å². The molecule has 0 spiro atoms. The van der Waals surface area contributed by atoms with Crippen LogP contribution in [0.25, 0.3) is 61.8 Å². The third kappa shape index (κ3) is 6.00. The summed E-state index contributed by atoms with van der Waals surface area (Å²) < 4.78 is 2.17. The fraction of sp³-hybridized carbons (Fsp3) is 0.0962. The molecular weight excluding hydrogens is 695 g/mol. The monoisotopic (exact) mass is 735 g/mol. The number of anilines is 3. The summed E-state index contributed by atoms with van der Waals surface area (Å²) in [5, 5.41) is 0. The van der Waals surface area contributed by atoms with Gasteiger partial charge in [-0.2, -0.15) is 0 Å². The summed E-state index contributed by atoms with van der Waals surface area (Å²) in [6.45, 7) is 8.96. The number of imidazole rings is 1. The Hall–Kier alpha value is -7.11. The second-order valence-electron chi connectivity index (χ2n) is 15.6. The highest BCUT2D eigenvalue weighted by atomic mass is 15.1. The van der Waals surface area contributed by atoms with Crippen molar-refractivity contribution in [3.05, 3.63) is 198 Å². The van der Waals surface area contributed by atoms with E-state index in [0.717, 1.165) is 67.7 Å². The van der Waals surface area contributed by atoms with Gasteiger partial charge in [-0.15, -0.1) is 0 Å². The number of nitrogens with zero attached hydrogens (tertiary/aromatic N) is 5. The first-order chi connectivity index (χ1) is 27.8. The van der Waals surface area contributed by atoms with E-state index in [1.165, 1.54) is 33.4 Å². The molecule has 1 aliphatic rings. The summed E-state index contributed by atoms with van der Waals surface area (Å²) in [4.78, 5) is 17.2. The number of aryl methyl sites for hydroxylation is 2. The number of para-hydroxylation sites is 3. The molecule has 0 radical (unpaired) electrons. The predicted octanol–water partition coefficient (Wildman–Crippen LogP) is 13.2. The highest BCUT2D eigenvalue weighted by molar-refractivity contribution is 5.87. The molecule has 0 amide bonds. The lowest BCUT2D eigenvalue weighted by atomic mass is 9.81. The Morgan fingerprint density at radius 1 is 0.491 bits per heavy atom. The van der Waals surface area contributed by atoms with Gasteiger partial charge in [-0.3, -0.25) is 14.5 Å². The zero-order chi connectivity index (χ0) is 38.7. The van der Waals surface area contributed by atoms with Gasteiger partial charge in [0.1, 0.15) is 5.69 Å². The number of aromatic nitrogens is 4. The van der Waals surface area contributed by atoms with Crippen LogP contribution in [0.15, 0.2) is 176 Å². The molecule has 5 nitrogen and oxygen atoms in total. The maximum Gasteiger partial charge on any atom is 0.164 e. The van der Waals surface area contributed by atoms with Crippen molar-refractivity contribution in [3.8, 4) is 50.7 Å². The van der Waals surface area contributed by atoms with Crippen LogP contribution in [0.2, 0.25) is 0 Å². The molecule has 0 unspecified atom stereocenters. The predicted molar refractivity (Wildman–Crippen MR) is 235 cm³/mol. The van der Waals surface area contributed by atoms with Crippen LogP contribution in [0.5, 0.6) is 0 Å². The first kappa shape index (κ1) is 34.4. The molecule has 0 atom stereocenters. The minimum atomic E-state index is -0.190. The van der Waals surface area contributed by atoms with Crippen molar-refractivity contribution in [1.82, 2.24) is 19.5 Å². The van der Waals surface area contributed by atoms with Gasteiger partial charge < -0.3 is 4.90 Å². The highest BCUT2D eigenvalue weighted by Gasteiger charge is 2.36. The Kier molecular flexibility index (Phi) is 8.19. The van der Waals surface area contributed by atoms with Crippen molar-refractivity contribution in [3.63, 3.8) is 0 Å². The van der Waals surface area contributed by atoms with E-state index in [0.29, 0.717) is 0 Å². The first-order valence-corrected chi connectivity index (χ1v) is 19.5. The molecule has 0 fully saturated rings. The average Bonchev–Trinajstić information content (AvgIpc) is 3.75. The van der Waals surface area contributed by atoms with Crippen LogP contribution in [0.4, 0.5) is 17.1 Å². The highest BCUT2D eigenvalue weighted by Crippen LogP contribution is 2.51. The number of hydrogen-bond donors (Lipinski definition) is 0. The lowest BCUT2D eigenvalue weighted by Crippen LogP contribution is -2.16. The first-order valence-electron chi connectivity index (χ1n) is 19.5. The Morgan fingerprint density at radius 2 is 1.05 bits per heavy atom. The van der Waals surface area contributed by atoms with Gasteiger partial charge in [0.05, 0.1) is 16.7 Å². The molecule has 0 bridgehead atoms. The SMILES string of the molecule is Cc1ccc(N(c2ccc(C)cc2)c2ccc3c(c2)C(C)(C)c2cc(-c4ccc(-c5ccc(-c6nc7ccccc7n6-c6ccccc6)nc5)nc4)ccc2-3)cc1. The molecule has 57 heavy (non-hydrogen) atoms. The summed E-state index contributed by atoms with van der Waals surface area (Å²) in [7, 11) is 0. The Bertz CT molecular complexity index is 2860. The van der Waals surface area contributed by atoms with Gasteiger partial charge >= 0.3 is 0 Å². The fourth-order valence-electron chi connectivity index (χ4n) is 8.33. The van der Waals surface area contributed by atoms with Crippen LogP contribution in [0.1, 0.15) is 36.1 Å². The number of benzene rings is 6. The van der Waals surface area contributed by atoms with E-state index in [-0.39, 0.29) is 5.41 Å². The summed E-state index contributed by atoms with van der Waals surface area (Å²) >= 11 is 0. The quantitative estimate of drug-likeness (QED) is 0.163. The summed E-state index contributed by atoms with van der Waals surface area (Å²) in [6, 6.07) is 58.3. The lowest BCUT2D eigenvalue weighted by Gasteiger charge is -2.28. The molecule has 274 valence electrons. The Morgan fingerprint density at radius 3 is 1.72 bits per heavy atom. The van der Waals surface area contributed by atoms with E-state index < -0.39 is 0 Å². The van der Waals surface area contributed by atoms with Gasteiger partial charge in [0, 0.05) is 51.7 Å². The number of hydrogen-bond acceptors (Lipinski definition) is 4. The van der Waals surface area contributed by atoms with Gasteiger partial charge in [-0.05, 0) is 127 Å². The zero-order valence-electron chi connectivity index (χ0n) is 32.5. The van der Waals surface area contributed by atoms with Crippen molar-refractivity contribution in [2.24, 2.45) is 0 Å². The molecule has 0 saturated carbocycles. The summed E-state index contributed by atoms with van der Waals surface area (Å²) in [6.07, 6.45) is 3.88. The van der Waals surface area contributed by atoms with Crippen molar-refractivity contribution in [2.45, 2.75) is 33.1 Å². The second-order valence-corrected chi connectivity index (χ2v) is 15.6. The molecular formula is C52H41N5. The maximum atomic E-state index is 4.98. The second kappa shape index (κ2) is 13.6. The van der Waals surface area contributed by atoms with Crippen molar-refractivity contribution in [2.75, 3.05) is 4.90 Å². The van der Waals surface area contributed by atoms with E-state index in [4.69, 9.17) is 15.0 Å².